The van der Waals surface area contributed by atoms with Crippen LogP contribution in [0.25, 0.3) is 0 Å². The summed E-state index contributed by atoms with van der Waals surface area (Å²) in [4.78, 5) is 2.09. The highest BCUT2D eigenvalue weighted by Gasteiger charge is 2.25. The number of likely N-dealkylation sites (N-methyl/N-ethyl adjacent to an activating group) is 1. The van der Waals surface area contributed by atoms with Gasteiger partial charge in [0.15, 0.2) is 0 Å². The molecule has 3 N–H and O–H groups in total. The van der Waals surface area contributed by atoms with E-state index in [1.807, 2.05) is 14.0 Å². The lowest BCUT2D eigenvalue weighted by molar-refractivity contribution is 0.145. The first-order chi connectivity index (χ1) is 9.49. The molecule has 0 aliphatic carbocycles. The van der Waals surface area contributed by atoms with Crippen molar-refractivity contribution in [3.05, 3.63) is 29.6 Å². The van der Waals surface area contributed by atoms with Crippen LogP contribution in [-0.2, 0) is 6.42 Å². The van der Waals surface area contributed by atoms with Gasteiger partial charge in [-0.05, 0) is 32.2 Å². The maximum absolute atomic E-state index is 13.1. The Morgan fingerprint density at radius 3 is 3.10 bits per heavy atom. The van der Waals surface area contributed by atoms with Gasteiger partial charge in [0.2, 0.25) is 0 Å². The first-order valence-corrected chi connectivity index (χ1v) is 6.61. The number of benzene rings is 1. The summed E-state index contributed by atoms with van der Waals surface area (Å²) in [7, 11) is 1.96. The van der Waals surface area contributed by atoms with E-state index in [-0.39, 0.29) is 23.8 Å². The van der Waals surface area contributed by atoms with Gasteiger partial charge in [-0.15, -0.1) is 0 Å². The van der Waals surface area contributed by atoms with Crippen LogP contribution in [0.5, 0.6) is 5.75 Å². The Kier molecular flexibility index (Phi) is 4.44. The summed E-state index contributed by atoms with van der Waals surface area (Å²) in [5.74, 6) is 0.734. The maximum Gasteiger partial charge on any atom is 0.140 e. The fraction of sp³-hybridized carbons (Fsp3) is 0.500. The minimum absolute atomic E-state index is 0.00606. The van der Waals surface area contributed by atoms with E-state index in [4.69, 9.17) is 15.7 Å². The molecule has 1 heterocycles. The standard InChI is InChI=1S/C14H20FN3O2/c1-9(5-14(16)17-19)18(2)8-12-7-10-6-11(15)3-4-13(10)20-12/h3-4,6,9,12,19H,5,7-8H2,1-2H3,(H2,16,17). The van der Waals surface area contributed by atoms with Crippen LogP contribution >= 0.6 is 0 Å². The van der Waals surface area contributed by atoms with Crippen molar-refractivity contribution >= 4 is 5.84 Å². The summed E-state index contributed by atoms with van der Waals surface area (Å²) < 4.78 is 18.9. The number of rotatable bonds is 5. The third-order valence-corrected chi connectivity index (χ3v) is 3.64. The lowest BCUT2D eigenvalue weighted by atomic mass is 10.1. The molecule has 0 aromatic heterocycles. The van der Waals surface area contributed by atoms with Crippen molar-refractivity contribution in [2.24, 2.45) is 10.9 Å². The van der Waals surface area contributed by atoms with Gasteiger partial charge in [0, 0.05) is 31.0 Å². The van der Waals surface area contributed by atoms with Crippen molar-refractivity contribution in [1.82, 2.24) is 4.90 Å². The highest BCUT2D eigenvalue weighted by molar-refractivity contribution is 5.80. The van der Waals surface area contributed by atoms with Gasteiger partial charge < -0.3 is 15.7 Å². The molecule has 0 saturated heterocycles. The van der Waals surface area contributed by atoms with Crippen molar-refractivity contribution in [2.75, 3.05) is 13.6 Å². The van der Waals surface area contributed by atoms with Crippen LogP contribution in [0.15, 0.2) is 23.4 Å². The molecule has 0 bridgehead atoms. The molecule has 1 aliphatic heterocycles. The normalized spacial score (nSPS) is 19.8. The molecule has 0 radical (unpaired) electrons. The number of amidine groups is 1. The molecule has 2 atom stereocenters. The van der Waals surface area contributed by atoms with Crippen LogP contribution in [0.2, 0.25) is 0 Å². The topological polar surface area (TPSA) is 71.1 Å². The third-order valence-electron chi connectivity index (χ3n) is 3.64. The predicted molar refractivity (Wildman–Crippen MR) is 74.6 cm³/mol. The Morgan fingerprint density at radius 2 is 2.40 bits per heavy atom. The van der Waals surface area contributed by atoms with Gasteiger partial charge >= 0.3 is 0 Å². The second-order valence-electron chi connectivity index (χ2n) is 5.28. The second kappa shape index (κ2) is 6.09. The average molecular weight is 281 g/mol. The number of hydrogen-bond acceptors (Lipinski definition) is 4. The molecule has 0 saturated carbocycles. The van der Waals surface area contributed by atoms with Gasteiger partial charge in [-0.1, -0.05) is 5.16 Å². The second-order valence-corrected chi connectivity index (χ2v) is 5.28. The van der Waals surface area contributed by atoms with Crippen molar-refractivity contribution in [3.8, 4) is 5.75 Å². The highest BCUT2D eigenvalue weighted by Crippen LogP contribution is 2.29. The molecule has 0 fully saturated rings. The summed E-state index contributed by atoms with van der Waals surface area (Å²) in [5, 5.41) is 11.6. The number of nitrogens with zero attached hydrogens (tertiary/aromatic N) is 2. The van der Waals surface area contributed by atoms with Gasteiger partial charge in [-0.25, -0.2) is 4.39 Å². The molecule has 0 spiro atoms. The number of hydrogen-bond donors (Lipinski definition) is 2. The highest BCUT2D eigenvalue weighted by atomic mass is 19.1. The van der Waals surface area contributed by atoms with E-state index in [1.165, 1.54) is 12.1 Å². The van der Waals surface area contributed by atoms with E-state index >= 15 is 0 Å². The molecule has 2 rings (SSSR count). The van der Waals surface area contributed by atoms with Gasteiger partial charge in [0.25, 0.3) is 0 Å². The summed E-state index contributed by atoms with van der Waals surface area (Å²) in [6, 6.07) is 4.74. The van der Waals surface area contributed by atoms with Crippen LogP contribution in [0.3, 0.4) is 0 Å². The van der Waals surface area contributed by atoms with Gasteiger partial charge in [0.05, 0.1) is 0 Å². The fourth-order valence-electron chi connectivity index (χ4n) is 2.39. The Morgan fingerprint density at radius 1 is 1.65 bits per heavy atom. The number of fused-ring (bicyclic) bond motifs is 1. The van der Waals surface area contributed by atoms with E-state index < -0.39 is 0 Å². The fourth-order valence-corrected chi connectivity index (χ4v) is 2.39. The molecule has 1 aliphatic rings. The van der Waals surface area contributed by atoms with Crippen molar-refractivity contribution in [3.63, 3.8) is 0 Å². The van der Waals surface area contributed by atoms with Crippen molar-refractivity contribution < 1.29 is 14.3 Å². The van der Waals surface area contributed by atoms with E-state index in [1.54, 1.807) is 6.07 Å². The minimum atomic E-state index is -0.235. The summed E-state index contributed by atoms with van der Waals surface area (Å²) in [5.41, 5.74) is 6.42. The molecule has 2 unspecified atom stereocenters. The van der Waals surface area contributed by atoms with Gasteiger partial charge in [-0.2, -0.15) is 0 Å². The summed E-state index contributed by atoms with van der Waals surface area (Å²) in [6.07, 6.45) is 1.20. The molecular formula is C14H20FN3O2. The zero-order chi connectivity index (χ0) is 14.7. The Labute approximate surface area is 117 Å². The molecule has 1 aromatic rings. The van der Waals surface area contributed by atoms with Crippen LogP contribution in [-0.4, -0.2) is 41.7 Å². The zero-order valence-electron chi connectivity index (χ0n) is 11.7. The van der Waals surface area contributed by atoms with Crippen molar-refractivity contribution in [2.45, 2.75) is 31.9 Å². The van der Waals surface area contributed by atoms with E-state index in [9.17, 15) is 4.39 Å². The summed E-state index contributed by atoms with van der Waals surface area (Å²) in [6.45, 7) is 2.70. The Bertz CT molecular complexity index is 507. The van der Waals surface area contributed by atoms with E-state index in [0.717, 1.165) is 11.3 Å². The molecule has 20 heavy (non-hydrogen) atoms. The SMILES string of the molecule is CC(CC(N)=NO)N(C)CC1Cc2cc(F)ccc2O1. The van der Waals surface area contributed by atoms with E-state index in [2.05, 4.69) is 10.1 Å². The number of ether oxygens (including phenoxy) is 1. The Balaban J connectivity index is 1.89. The smallest absolute Gasteiger partial charge is 0.140 e. The van der Waals surface area contributed by atoms with Crippen LogP contribution in [0, 0.1) is 5.82 Å². The lowest BCUT2D eigenvalue weighted by Gasteiger charge is -2.26. The molecule has 1 aromatic carbocycles. The largest absolute Gasteiger partial charge is 0.488 e. The van der Waals surface area contributed by atoms with Gasteiger partial charge in [-0.3, -0.25) is 4.90 Å². The molecule has 6 heteroatoms. The Hall–Kier alpha value is -1.82. The molecule has 0 amide bonds. The zero-order valence-corrected chi connectivity index (χ0v) is 11.7. The molecule has 110 valence electrons. The average Bonchev–Trinajstić information content (AvgIpc) is 2.79. The van der Waals surface area contributed by atoms with E-state index in [0.29, 0.717) is 19.4 Å². The first-order valence-electron chi connectivity index (χ1n) is 6.61. The quantitative estimate of drug-likeness (QED) is 0.372. The lowest BCUT2D eigenvalue weighted by Crippen LogP contribution is -2.39. The monoisotopic (exact) mass is 281 g/mol. The number of halogens is 1. The number of oxime groups is 1. The molecular weight excluding hydrogens is 261 g/mol. The van der Waals surface area contributed by atoms with Crippen LogP contribution in [0.4, 0.5) is 4.39 Å². The third kappa shape index (κ3) is 3.39. The first kappa shape index (κ1) is 14.6. The minimum Gasteiger partial charge on any atom is -0.488 e. The van der Waals surface area contributed by atoms with Crippen molar-refractivity contribution in [1.29, 1.82) is 0 Å². The number of nitrogens with two attached hydrogens (primary N) is 1. The predicted octanol–water partition coefficient (Wildman–Crippen LogP) is 1.59. The summed E-state index contributed by atoms with van der Waals surface area (Å²) >= 11 is 0. The van der Waals surface area contributed by atoms with Gasteiger partial charge in [0.1, 0.15) is 23.5 Å². The molecule has 5 nitrogen and oxygen atoms in total. The van der Waals surface area contributed by atoms with Crippen LogP contribution in [0.1, 0.15) is 18.9 Å². The van der Waals surface area contributed by atoms with Crippen LogP contribution < -0.4 is 10.5 Å². The maximum atomic E-state index is 13.1.